The van der Waals surface area contributed by atoms with Gasteiger partial charge in [-0.15, -0.1) is 11.8 Å². The number of halogens is 1. The molecule has 0 aliphatic heterocycles. The molecule has 1 heterocycles. The summed E-state index contributed by atoms with van der Waals surface area (Å²) in [6, 6.07) is 9.98. The Morgan fingerprint density at radius 2 is 2.18 bits per heavy atom. The van der Waals surface area contributed by atoms with Crippen molar-refractivity contribution in [1.82, 2.24) is 0 Å². The van der Waals surface area contributed by atoms with Gasteiger partial charge in [-0.1, -0.05) is 6.07 Å². The maximum absolute atomic E-state index is 12.9. The number of rotatable bonds is 5. The quantitative estimate of drug-likeness (QED) is 0.830. The molecule has 90 valence electrons. The molecule has 2 rings (SSSR count). The van der Waals surface area contributed by atoms with Gasteiger partial charge in [0.25, 0.3) is 0 Å². The van der Waals surface area contributed by atoms with Crippen LogP contribution in [-0.2, 0) is 6.42 Å². The Balaban J connectivity index is 1.82. The zero-order chi connectivity index (χ0) is 12.1. The van der Waals surface area contributed by atoms with Crippen LogP contribution in [0.25, 0.3) is 0 Å². The van der Waals surface area contributed by atoms with Crippen molar-refractivity contribution in [3.05, 3.63) is 54.2 Å². The Morgan fingerprint density at radius 1 is 1.29 bits per heavy atom. The molecule has 1 aromatic heterocycles. The fraction of sp³-hybridized carbons (Fsp3) is 0.231. The van der Waals surface area contributed by atoms with Crippen molar-refractivity contribution < 1.29 is 13.9 Å². The largest absolute Gasteiger partial charge is 0.469 e. The Hall–Kier alpha value is -1.26. The minimum Gasteiger partial charge on any atom is -0.469 e. The third kappa shape index (κ3) is 3.91. The number of benzene rings is 1. The predicted molar refractivity (Wildman–Crippen MR) is 65.5 cm³/mol. The fourth-order valence-electron chi connectivity index (χ4n) is 1.47. The van der Waals surface area contributed by atoms with Gasteiger partial charge in [0.15, 0.2) is 0 Å². The Morgan fingerprint density at radius 3 is 2.88 bits per heavy atom. The van der Waals surface area contributed by atoms with Crippen LogP contribution in [0.15, 0.2) is 52.0 Å². The standard InChI is InChI=1S/C13H13FO2S/c14-10-3-1-5-13(7-10)17-9-11(15)8-12-4-2-6-16-12/h1-7,11,15H,8-9H2. The van der Waals surface area contributed by atoms with Gasteiger partial charge < -0.3 is 9.52 Å². The van der Waals surface area contributed by atoms with E-state index in [-0.39, 0.29) is 5.82 Å². The minimum atomic E-state index is -0.491. The molecule has 17 heavy (non-hydrogen) atoms. The van der Waals surface area contributed by atoms with Gasteiger partial charge in [-0.3, -0.25) is 0 Å². The molecular weight excluding hydrogens is 239 g/mol. The van der Waals surface area contributed by atoms with Crippen LogP contribution < -0.4 is 0 Å². The van der Waals surface area contributed by atoms with Crippen LogP contribution >= 0.6 is 11.8 Å². The van der Waals surface area contributed by atoms with Crippen molar-refractivity contribution >= 4 is 11.8 Å². The number of aliphatic hydroxyl groups excluding tert-OH is 1. The average Bonchev–Trinajstić information content (AvgIpc) is 2.79. The molecule has 1 atom stereocenters. The maximum Gasteiger partial charge on any atom is 0.124 e. The van der Waals surface area contributed by atoms with E-state index in [4.69, 9.17) is 4.42 Å². The number of hydrogen-bond donors (Lipinski definition) is 1. The molecule has 2 nitrogen and oxygen atoms in total. The molecular formula is C13H13FO2S. The summed E-state index contributed by atoms with van der Waals surface area (Å²) in [5, 5.41) is 9.78. The van der Waals surface area contributed by atoms with Crippen molar-refractivity contribution in [2.24, 2.45) is 0 Å². The summed E-state index contributed by atoms with van der Waals surface area (Å²) in [5.74, 6) is 1.03. The van der Waals surface area contributed by atoms with E-state index in [2.05, 4.69) is 0 Å². The first-order valence-corrected chi connectivity index (χ1v) is 6.31. The SMILES string of the molecule is OC(CSc1cccc(F)c1)Cc1ccco1. The number of hydrogen-bond acceptors (Lipinski definition) is 3. The van der Waals surface area contributed by atoms with E-state index in [9.17, 15) is 9.50 Å². The first kappa shape index (κ1) is 12.2. The van der Waals surface area contributed by atoms with Gasteiger partial charge in [-0.05, 0) is 30.3 Å². The van der Waals surface area contributed by atoms with Crippen molar-refractivity contribution in [1.29, 1.82) is 0 Å². The van der Waals surface area contributed by atoms with Crippen LogP contribution in [0.4, 0.5) is 4.39 Å². The van der Waals surface area contributed by atoms with E-state index in [1.54, 1.807) is 18.4 Å². The van der Waals surface area contributed by atoms with Crippen LogP contribution in [0.5, 0.6) is 0 Å². The molecule has 0 saturated heterocycles. The zero-order valence-electron chi connectivity index (χ0n) is 9.17. The average molecular weight is 252 g/mol. The van der Waals surface area contributed by atoms with Crippen LogP contribution in [0, 0.1) is 5.82 Å². The van der Waals surface area contributed by atoms with E-state index < -0.39 is 6.10 Å². The molecule has 0 aliphatic carbocycles. The van der Waals surface area contributed by atoms with E-state index in [0.717, 1.165) is 10.7 Å². The first-order valence-electron chi connectivity index (χ1n) is 5.33. The second-order valence-electron chi connectivity index (χ2n) is 3.71. The molecule has 0 bridgehead atoms. The molecule has 1 unspecified atom stereocenters. The molecule has 1 aromatic carbocycles. The minimum absolute atomic E-state index is 0.254. The summed E-state index contributed by atoms with van der Waals surface area (Å²) in [4.78, 5) is 0.823. The number of furan rings is 1. The van der Waals surface area contributed by atoms with Gasteiger partial charge in [0.2, 0.25) is 0 Å². The smallest absolute Gasteiger partial charge is 0.124 e. The Kier molecular flexibility index (Phi) is 4.23. The first-order chi connectivity index (χ1) is 8.24. The second kappa shape index (κ2) is 5.89. The predicted octanol–water partition coefficient (Wildman–Crippen LogP) is 3.11. The highest BCUT2D eigenvalue weighted by atomic mass is 32.2. The van der Waals surface area contributed by atoms with Crippen LogP contribution in [0.1, 0.15) is 5.76 Å². The molecule has 0 aliphatic rings. The summed E-state index contributed by atoms with van der Waals surface area (Å²) in [6.45, 7) is 0. The van der Waals surface area contributed by atoms with Crippen molar-refractivity contribution in [2.75, 3.05) is 5.75 Å². The van der Waals surface area contributed by atoms with Gasteiger partial charge in [0, 0.05) is 17.1 Å². The summed E-state index contributed by atoms with van der Waals surface area (Å²) in [7, 11) is 0. The third-order valence-corrected chi connectivity index (χ3v) is 3.39. The van der Waals surface area contributed by atoms with Crippen LogP contribution in [0.3, 0.4) is 0 Å². The van der Waals surface area contributed by atoms with Gasteiger partial charge in [-0.25, -0.2) is 4.39 Å². The molecule has 0 amide bonds. The van der Waals surface area contributed by atoms with Gasteiger partial charge in [-0.2, -0.15) is 0 Å². The fourth-order valence-corrected chi connectivity index (χ4v) is 2.34. The Bertz CT molecular complexity index is 456. The van der Waals surface area contributed by atoms with E-state index in [0.29, 0.717) is 12.2 Å². The van der Waals surface area contributed by atoms with Gasteiger partial charge >= 0.3 is 0 Å². The van der Waals surface area contributed by atoms with Crippen molar-refractivity contribution in [3.8, 4) is 0 Å². The van der Waals surface area contributed by atoms with Gasteiger partial charge in [0.05, 0.1) is 12.4 Å². The van der Waals surface area contributed by atoms with E-state index in [1.807, 2.05) is 12.1 Å². The second-order valence-corrected chi connectivity index (χ2v) is 4.80. The third-order valence-electron chi connectivity index (χ3n) is 2.26. The molecule has 0 spiro atoms. The topological polar surface area (TPSA) is 33.4 Å². The molecule has 2 aromatic rings. The highest BCUT2D eigenvalue weighted by Crippen LogP contribution is 2.20. The van der Waals surface area contributed by atoms with Crippen molar-refractivity contribution in [3.63, 3.8) is 0 Å². The lowest BCUT2D eigenvalue weighted by molar-refractivity contribution is 0.192. The monoisotopic (exact) mass is 252 g/mol. The van der Waals surface area contributed by atoms with Crippen LogP contribution in [0.2, 0.25) is 0 Å². The molecule has 1 N–H and O–H groups in total. The lowest BCUT2D eigenvalue weighted by Gasteiger charge is -2.08. The summed E-state index contributed by atoms with van der Waals surface area (Å²) in [5.41, 5.74) is 0. The highest BCUT2D eigenvalue weighted by Gasteiger charge is 2.08. The highest BCUT2D eigenvalue weighted by molar-refractivity contribution is 7.99. The zero-order valence-corrected chi connectivity index (χ0v) is 9.99. The molecule has 4 heteroatoms. The lowest BCUT2D eigenvalue weighted by Crippen LogP contribution is -2.12. The maximum atomic E-state index is 12.9. The summed E-state index contributed by atoms with van der Waals surface area (Å²) < 4.78 is 18.1. The normalized spacial score (nSPS) is 12.6. The number of aliphatic hydroxyl groups is 1. The Labute approximate surface area is 103 Å². The lowest BCUT2D eigenvalue weighted by atomic mass is 10.2. The number of thioether (sulfide) groups is 1. The summed E-state index contributed by atoms with van der Waals surface area (Å²) in [6.07, 6.45) is 1.58. The van der Waals surface area contributed by atoms with E-state index in [1.165, 1.54) is 23.9 Å². The van der Waals surface area contributed by atoms with Crippen molar-refractivity contribution in [2.45, 2.75) is 17.4 Å². The molecule has 0 saturated carbocycles. The summed E-state index contributed by atoms with van der Waals surface area (Å²) >= 11 is 1.43. The van der Waals surface area contributed by atoms with Gasteiger partial charge in [0.1, 0.15) is 11.6 Å². The molecule has 0 fully saturated rings. The van der Waals surface area contributed by atoms with Crippen LogP contribution in [-0.4, -0.2) is 17.0 Å². The molecule has 0 radical (unpaired) electrons. The van der Waals surface area contributed by atoms with E-state index >= 15 is 0 Å².